The molecule has 0 aliphatic heterocycles. The Bertz CT molecular complexity index is 355. The van der Waals surface area contributed by atoms with Crippen LogP contribution < -0.4 is 0 Å². The van der Waals surface area contributed by atoms with Gasteiger partial charge in [-0.15, -0.1) is 0 Å². The van der Waals surface area contributed by atoms with Crippen molar-refractivity contribution >= 4 is 5.97 Å². The van der Waals surface area contributed by atoms with Crippen molar-refractivity contribution in [3.8, 4) is 0 Å². The van der Waals surface area contributed by atoms with Crippen molar-refractivity contribution in [3.05, 3.63) is 30.1 Å². The second-order valence-electron chi connectivity index (χ2n) is 4.82. The fourth-order valence-corrected chi connectivity index (χ4v) is 1.44. The largest absolute Gasteiger partial charge is 0.462 e. The smallest absolute Gasteiger partial charge is 0.339 e. The maximum absolute atomic E-state index is 11.5. The SMILES string of the molecule is CC(O)CO.CCCCCCCOC(=O)c1cccnc1. The molecule has 0 saturated heterocycles. The van der Waals surface area contributed by atoms with Crippen molar-refractivity contribution < 1.29 is 19.7 Å². The molecule has 0 radical (unpaired) electrons. The van der Waals surface area contributed by atoms with Crippen LogP contribution in [0.1, 0.15) is 56.3 Å². The van der Waals surface area contributed by atoms with Gasteiger partial charge in [-0.1, -0.05) is 32.6 Å². The zero-order valence-electron chi connectivity index (χ0n) is 13.0. The van der Waals surface area contributed by atoms with Gasteiger partial charge >= 0.3 is 5.97 Å². The van der Waals surface area contributed by atoms with E-state index in [-0.39, 0.29) is 12.6 Å². The molecule has 1 atom stereocenters. The molecule has 120 valence electrons. The topological polar surface area (TPSA) is 79.6 Å². The van der Waals surface area contributed by atoms with Gasteiger partial charge in [0.2, 0.25) is 0 Å². The summed E-state index contributed by atoms with van der Waals surface area (Å²) in [4.78, 5) is 15.3. The number of pyridine rings is 1. The van der Waals surface area contributed by atoms with E-state index in [1.54, 1.807) is 18.3 Å². The van der Waals surface area contributed by atoms with Gasteiger partial charge in [-0.25, -0.2) is 4.79 Å². The van der Waals surface area contributed by atoms with Gasteiger partial charge < -0.3 is 14.9 Å². The number of carbonyl (C=O) groups is 1. The Labute approximate surface area is 127 Å². The summed E-state index contributed by atoms with van der Waals surface area (Å²) in [5.74, 6) is -0.274. The van der Waals surface area contributed by atoms with Crippen molar-refractivity contribution in [2.75, 3.05) is 13.2 Å². The number of hydrogen-bond donors (Lipinski definition) is 2. The standard InChI is InChI=1S/C13H19NO2.C3H8O2/c1-2-3-4-5-6-10-16-13(15)12-8-7-9-14-11-12;1-3(5)2-4/h7-9,11H,2-6,10H2,1H3;3-5H,2H2,1H3. The van der Waals surface area contributed by atoms with Gasteiger partial charge in [0, 0.05) is 12.4 Å². The van der Waals surface area contributed by atoms with Gasteiger partial charge in [0.1, 0.15) is 0 Å². The maximum atomic E-state index is 11.5. The predicted molar refractivity (Wildman–Crippen MR) is 82.0 cm³/mol. The van der Waals surface area contributed by atoms with Crippen molar-refractivity contribution in [2.45, 2.75) is 52.1 Å². The van der Waals surface area contributed by atoms with Crippen molar-refractivity contribution in [2.24, 2.45) is 0 Å². The van der Waals surface area contributed by atoms with E-state index in [1.807, 2.05) is 0 Å². The van der Waals surface area contributed by atoms with Gasteiger partial charge in [0.15, 0.2) is 0 Å². The molecule has 1 unspecified atom stereocenters. The van der Waals surface area contributed by atoms with E-state index < -0.39 is 6.10 Å². The lowest BCUT2D eigenvalue weighted by Crippen LogP contribution is -2.06. The van der Waals surface area contributed by atoms with E-state index in [1.165, 1.54) is 32.4 Å². The molecule has 0 fully saturated rings. The van der Waals surface area contributed by atoms with Crippen molar-refractivity contribution in [1.29, 1.82) is 0 Å². The highest BCUT2D eigenvalue weighted by atomic mass is 16.5. The first-order valence-electron chi connectivity index (χ1n) is 7.47. The van der Waals surface area contributed by atoms with Gasteiger partial charge in [-0.2, -0.15) is 0 Å². The Morgan fingerprint density at radius 2 is 2.00 bits per heavy atom. The van der Waals surface area contributed by atoms with Crippen LogP contribution in [0.2, 0.25) is 0 Å². The van der Waals surface area contributed by atoms with E-state index in [9.17, 15) is 4.79 Å². The Kier molecular flexibility index (Phi) is 12.6. The van der Waals surface area contributed by atoms with Gasteiger partial charge in [-0.3, -0.25) is 4.98 Å². The van der Waals surface area contributed by atoms with E-state index in [0.717, 1.165) is 12.8 Å². The molecule has 1 aromatic heterocycles. The molecule has 1 aromatic rings. The summed E-state index contributed by atoms with van der Waals surface area (Å²) in [7, 11) is 0. The molecule has 2 N–H and O–H groups in total. The minimum atomic E-state index is -0.560. The number of aromatic nitrogens is 1. The highest BCUT2D eigenvalue weighted by molar-refractivity contribution is 5.88. The number of rotatable bonds is 8. The van der Waals surface area contributed by atoms with Crippen LogP contribution in [0.25, 0.3) is 0 Å². The van der Waals surface area contributed by atoms with Crippen LogP contribution in [0, 0.1) is 0 Å². The van der Waals surface area contributed by atoms with Crippen LogP contribution in [0.5, 0.6) is 0 Å². The minimum Gasteiger partial charge on any atom is -0.462 e. The second-order valence-corrected chi connectivity index (χ2v) is 4.82. The predicted octanol–water partition coefficient (Wildman–Crippen LogP) is 2.57. The minimum absolute atomic E-state index is 0.139. The summed E-state index contributed by atoms with van der Waals surface area (Å²) in [5.41, 5.74) is 0.524. The van der Waals surface area contributed by atoms with E-state index in [4.69, 9.17) is 14.9 Å². The van der Waals surface area contributed by atoms with Crippen molar-refractivity contribution in [1.82, 2.24) is 4.98 Å². The maximum Gasteiger partial charge on any atom is 0.339 e. The fourth-order valence-electron chi connectivity index (χ4n) is 1.44. The zero-order chi connectivity index (χ0) is 15.9. The van der Waals surface area contributed by atoms with Crippen LogP contribution in [0.4, 0.5) is 0 Å². The highest BCUT2D eigenvalue weighted by Crippen LogP contribution is 2.04. The molecule has 0 bridgehead atoms. The number of ether oxygens (including phenoxy) is 1. The lowest BCUT2D eigenvalue weighted by molar-refractivity contribution is 0.0497. The summed E-state index contributed by atoms with van der Waals surface area (Å²) >= 11 is 0. The van der Waals surface area contributed by atoms with E-state index in [0.29, 0.717) is 12.2 Å². The molecule has 5 heteroatoms. The third-order valence-corrected chi connectivity index (χ3v) is 2.64. The molecular weight excluding hydrogens is 270 g/mol. The Balaban J connectivity index is 0.000000690. The lowest BCUT2D eigenvalue weighted by atomic mass is 10.2. The van der Waals surface area contributed by atoms with E-state index >= 15 is 0 Å². The first-order chi connectivity index (χ1) is 10.1. The quantitative estimate of drug-likeness (QED) is 0.569. The van der Waals surface area contributed by atoms with Gasteiger partial charge in [0.05, 0.1) is 24.9 Å². The molecular formula is C16H27NO4. The molecule has 0 aromatic carbocycles. The Morgan fingerprint density at radius 3 is 2.52 bits per heavy atom. The lowest BCUT2D eigenvalue weighted by Gasteiger charge is -2.04. The second kappa shape index (κ2) is 13.5. The third kappa shape index (κ3) is 12.0. The number of hydrogen-bond acceptors (Lipinski definition) is 5. The van der Waals surface area contributed by atoms with Crippen LogP contribution in [0.15, 0.2) is 24.5 Å². The molecule has 0 spiro atoms. The fraction of sp³-hybridized carbons (Fsp3) is 0.625. The molecule has 21 heavy (non-hydrogen) atoms. The van der Waals surface area contributed by atoms with Gasteiger partial charge in [0.25, 0.3) is 0 Å². The monoisotopic (exact) mass is 297 g/mol. The van der Waals surface area contributed by atoms with Crippen molar-refractivity contribution in [3.63, 3.8) is 0 Å². The summed E-state index contributed by atoms with van der Waals surface area (Å²) in [5, 5.41) is 16.0. The number of nitrogens with zero attached hydrogens (tertiary/aromatic N) is 1. The van der Waals surface area contributed by atoms with Crippen LogP contribution in [0.3, 0.4) is 0 Å². The summed E-state index contributed by atoms with van der Waals surface area (Å²) in [6.07, 6.45) is 8.41. The van der Waals surface area contributed by atoms with Gasteiger partial charge in [-0.05, 0) is 25.5 Å². The Hall–Kier alpha value is -1.46. The van der Waals surface area contributed by atoms with Crippen LogP contribution >= 0.6 is 0 Å². The molecule has 5 nitrogen and oxygen atoms in total. The first-order valence-corrected chi connectivity index (χ1v) is 7.47. The molecule has 1 heterocycles. The van der Waals surface area contributed by atoms with E-state index in [2.05, 4.69) is 11.9 Å². The normalized spacial score (nSPS) is 11.2. The summed E-state index contributed by atoms with van der Waals surface area (Å²) < 4.78 is 5.13. The molecule has 0 aliphatic rings. The molecule has 0 aliphatic carbocycles. The average Bonchev–Trinajstić information content (AvgIpc) is 2.52. The third-order valence-electron chi connectivity index (χ3n) is 2.64. The number of aliphatic hydroxyl groups is 2. The summed E-state index contributed by atoms with van der Waals surface area (Å²) in [6, 6.07) is 3.45. The molecule has 0 saturated carbocycles. The first kappa shape index (κ1) is 19.5. The Morgan fingerprint density at radius 1 is 1.33 bits per heavy atom. The van der Waals surface area contributed by atoms with Crippen LogP contribution in [-0.4, -0.2) is 40.5 Å². The number of esters is 1. The average molecular weight is 297 g/mol. The molecule has 0 amide bonds. The molecule has 1 rings (SSSR count). The number of carbonyl (C=O) groups excluding carboxylic acids is 1. The number of unbranched alkanes of at least 4 members (excludes halogenated alkanes) is 4. The number of aliphatic hydroxyl groups excluding tert-OH is 2. The van der Waals surface area contributed by atoms with Crippen LogP contribution in [-0.2, 0) is 4.74 Å². The summed E-state index contributed by atoms with van der Waals surface area (Å²) in [6.45, 7) is 4.08. The highest BCUT2D eigenvalue weighted by Gasteiger charge is 2.05. The zero-order valence-corrected chi connectivity index (χ0v) is 13.0.